The molecule has 1 atom stereocenters. The van der Waals surface area contributed by atoms with Gasteiger partial charge in [-0.1, -0.05) is 36.4 Å². The van der Waals surface area contributed by atoms with E-state index in [9.17, 15) is 14.4 Å². The number of aryl methyl sites for hydroxylation is 1. The number of rotatable bonds is 4. The van der Waals surface area contributed by atoms with Gasteiger partial charge in [0.2, 0.25) is 5.91 Å². The van der Waals surface area contributed by atoms with Crippen molar-refractivity contribution in [3.05, 3.63) is 64.1 Å². The molecule has 2 aromatic rings. The summed E-state index contributed by atoms with van der Waals surface area (Å²) in [7, 11) is 0. The number of carbonyl (C=O) groups is 3. The number of carbonyl (C=O) groups excluding carboxylic acids is 3. The SMILES string of the molecule is Cc1ccc(NC(=O)CN2C(=O)N[C@](C)(c3ccccc3)C2=O)c(Br)c1. The number of hydrogen-bond acceptors (Lipinski definition) is 3. The second-order valence-electron chi connectivity index (χ2n) is 6.34. The fourth-order valence-electron chi connectivity index (χ4n) is 2.86. The Kier molecular flexibility index (Phi) is 4.82. The molecular formula is C19H18BrN3O3. The van der Waals surface area contributed by atoms with Crippen molar-refractivity contribution in [2.75, 3.05) is 11.9 Å². The molecule has 7 heteroatoms. The van der Waals surface area contributed by atoms with Crippen molar-refractivity contribution in [3.8, 4) is 0 Å². The molecule has 0 bridgehead atoms. The zero-order valence-corrected chi connectivity index (χ0v) is 16.0. The molecule has 2 N–H and O–H groups in total. The van der Waals surface area contributed by atoms with Crippen LogP contribution in [-0.2, 0) is 15.1 Å². The van der Waals surface area contributed by atoms with Crippen LogP contribution in [0.4, 0.5) is 10.5 Å². The number of benzene rings is 2. The van der Waals surface area contributed by atoms with Crippen molar-refractivity contribution in [3.63, 3.8) is 0 Å². The minimum absolute atomic E-state index is 0.354. The predicted octanol–water partition coefficient (Wildman–Crippen LogP) is 3.16. The van der Waals surface area contributed by atoms with Gasteiger partial charge in [0.1, 0.15) is 12.1 Å². The highest BCUT2D eigenvalue weighted by Gasteiger charge is 2.49. The summed E-state index contributed by atoms with van der Waals surface area (Å²) in [5, 5.41) is 5.40. The van der Waals surface area contributed by atoms with Gasteiger partial charge in [0, 0.05) is 4.47 Å². The Morgan fingerprint density at radius 3 is 2.54 bits per heavy atom. The van der Waals surface area contributed by atoms with E-state index in [2.05, 4.69) is 26.6 Å². The maximum absolute atomic E-state index is 12.8. The number of hydrogen-bond donors (Lipinski definition) is 2. The van der Waals surface area contributed by atoms with E-state index in [-0.39, 0.29) is 6.54 Å². The number of nitrogens with zero attached hydrogens (tertiary/aromatic N) is 1. The second-order valence-corrected chi connectivity index (χ2v) is 7.20. The van der Waals surface area contributed by atoms with Crippen molar-refractivity contribution < 1.29 is 14.4 Å². The van der Waals surface area contributed by atoms with Gasteiger partial charge in [-0.3, -0.25) is 14.5 Å². The van der Waals surface area contributed by atoms with Crippen molar-refractivity contribution in [1.29, 1.82) is 0 Å². The minimum atomic E-state index is -1.18. The fourth-order valence-corrected chi connectivity index (χ4v) is 3.45. The summed E-state index contributed by atoms with van der Waals surface area (Å²) >= 11 is 3.39. The fraction of sp³-hybridized carbons (Fsp3) is 0.211. The summed E-state index contributed by atoms with van der Waals surface area (Å²) in [5.74, 6) is -0.901. The minimum Gasteiger partial charge on any atom is -0.323 e. The Morgan fingerprint density at radius 2 is 1.88 bits per heavy atom. The van der Waals surface area contributed by atoms with Gasteiger partial charge in [0.15, 0.2) is 0 Å². The lowest BCUT2D eigenvalue weighted by Crippen LogP contribution is -2.42. The van der Waals surface area contributed by atoms with E-state index in [4.69, 9.17) is 0 Å². The van der Waals surface area contributed by atoms with Crippen LogP contribution in [-0.4, -0.2) is 29.3 Å². The van der Waals surface area contributed by atoms with Crippen LogP contribution in [0, 0.1) is 6.92 Å². The molecule has 4 amide bonds. The molecule has 1 aliphatic heterocycles. The first-order valence-corrected chi connectivity index (χ1v) is 8.86. The lowest BCUT2D eigenvalue weighted by molar-refractivity contribution is -0.133. The normalized spacial score (nSPS) is 19.4. The molecule has 2 aromatic carbocycles. The van der Waals surface area contributed by atoms with Crippen LogP contribution in [0.2, 0.25) is 0 Å². The van der Waals surface area contributed by atoms with Crippen molar-refractivity contribution in [1.82, 2.24) is 10.2 Å². The Morgan fingerprint density at radius 1 is 1.19 bits per heavy atom. The zero-order valence-electron chi connectivity index (χ0n) is 14.4. The van der Waals surface area contributed by atoms with E-state index in [1.165, 1.54) is 0 Å². The van der Waals surface area contributed by atoms with Gasteiger partial charge in [0.25, 0.3) is 5.91 Å². The summed E-state index contributed by atoms with van der Waals surface area (Å²) in [6.45, 7) is 3.22. The molecule has 26 heavy (non-hydrogen) atoms. The van der Waals surface area contributed by atoms with Crippen molar-refractivity contribution >= 4 is 39.5 Å². The first-order valence-electron chi connectivity index (χ1n) is 8.07. The molecule has 0 saturated carbocycles. The Hall–Kier alpha value is -2.67. The van der Waals surface area contributed by atoms with Gasteiger partial charge in [-0.2, -0.15) is 0 Å². The second kappa shape index (κ2) is 6.92. The zero-order chi connectivity index (χ0) is 18.9. The smallest absolute Gasteiger partial charge is 0.323 e. The van der Waals surface area contributed by atoms with Crippen LogP contribution in [0.5, 0.6) is 0 Å². The molecule has 1 fully saturated rings. The lowest BCUT2D eigenvalue weighted by Gasteiger charge is -2.22. The van der Waals surface area contributed by atoms with Crippen molar-refractivity contribution in [2.24, 2.45) is 0 Å². The van der Waals surface area contributed by atoms with Crippen LogP contribution >= 0.6 is 15.9 Å². The lowest BCUT2D eigenvalue weighted by atomic mass is 9.92. The van der Waals surface area contributed by atoms with Gasteiger partial charge >= 0.3 is 6.03 Å². The molecule has 1 aliphatic rings. The van der Waals surface area contributed by atoms with Crippen LogP contribution in [0.25, 0.3) is 0 Å². The number of nitrogens with one attached hydrogen (secondary N) is 2. The van der Waals surface area contributed by atoms with Crippen molar-refractivity contribution in [2.45, 2.75) is 19.4 Å². The number of urea groups is 1. The van der Waals surface area contributed by atoms with Crippen LogP contribution < -0.4 is 10.6 Å². The maximum atomic E-state index is 12.8. The molecule has 3 rings (SSSR count). The third-order valence-electron chi connectivity index (χ3n) is 4.33. The molecular weight excluding hydrogens is 398 g/mol. The average Bonchev–Trinajstić information content (AvgIpc) is 2.82. The first kappa shape index (κ1) is 18.1. The topological polar surface area (TPSA) is 78.5 Å². The van der Waals surface area contributed by atoms with Crippen LogP contribution in [0.15, 0.2) is 53.0 Å². The summed E-state index contributed by atoms with van der Waals surface area (Å²) in [6.07, 6.45) is 0. The Bertz CT molecular complexity index is 885. The summed E-state index contributed by atoms with van der Waals surface area (Å²) < 4.78 is 0.733. The summed E-state index contributed by atoms with van der Waals surface area (Å²) in [6, 6.07) is 13.9. The monoisotopic (exact) mass is 415 g/mol. The van der Waals surface area contributed by atoms with Gasteiger partial charge < -0.3 is 10.6 Å². The molecule has 6 nitrogen and oxygen atoms in total. The quantitative estimate of drug-likeness (QED) is 0.752. The number of amides is 4. The maximum Gasteiger partial charge on any atom is 0.325 e. The Labute approximate surface area is 159 Å². The molecule has 134 valence electrons. The third kappa shape index (κ3) is 3.35. The Balaban J connectivity index is 1.74. The first-order chi connectivity index (χ1) is 12.3. The number of anilines is 1. The van der Waals surface area contributed by atoms with Gasteiger partial charge in [0.05, 0.1) is 5.69 Å². The number of imide groups is 1. The molecule has 0 spiro atoms. The highest BCUT2D eigenvalue weighted by molar-refractivity contribution is 9.10. The van der Waals surface area contributed by atoms with Crippen LogP contribution in [0.1, 0.15) is 18.1 Å². The highest BCUT2D eigenvalue weighted by Crippen LogP contribution is 2.29. The largest absolute Gasteiger partial charge is 0.325 e. The predicted molar refractivity (Wildman–Crippen MR) is 102 cm³/mol. The highest BCUT2D eigenvalue weighted by atomic mass is 79.9. The van der Waals surface area contributed by atoms with E-state index in [1.54, 1.807) is 37.3 Å². The standard InChI is InChI=1S/C19H18BrN3O3/c1-12-8-9-15(14(20)10-12)21-16(24)11-23-17(25)19(2,22-18(23)26)13-6-4-3-5-7-13/h3-10H,11H2,1-2H3,(H,21,24)(H,22,26)/t19-/m1/s1. The molecule has 0 aromatic heterocycles. The molecule has 1 heterocycles. The summed E-state index contributed by atoms with van der Waals surface area (Å²) in [5.41, 5.74) is 1.12. The average molecular weight is 416 g/mol. The van der Waals surface area contributed by atoms with Gasteiger partial charge in [-0.05, 0) is 53.0 Å². The third-order valence-corrected chi connectivity index (χ3v) is 4.98. The summed E-state index contributed by atoms with van der Waals surface area (Å²) in [4.78, 5) is 38.3. The van der Waals surface area contributed by atoms with E-state index in [0.717, 1.165) is 14.9 Å². The molecule has 1 saturated heterocycles. The molecule has 0 radical (unpaired) electrons. The molecule has 0 unspecified atom stereocenters. The van der Waals surface area contributed by atoms with E-state index in [1.807, 2.05) is 25.1 Å². The van der Waals surface area contributed by atoms with E-state index in [0.29, 0.717) is 11.3 Å². The van der Waals surface area contributed by atoms with E-state index >= 15 is 0 Å². The van der Waals surface area contributed by atoms with E-state index < -0.39 is 23.4 Å². The van der Waals surface area contributed by atoms with Gasteiger partial charge in [-0.25, -0.2) is 4.79 Å². The molecule has 0 aliphatic carbocycles. The van der Waals surface area contributed by atoms with Gasteiger partial charge in [-0.15, -0.1) is 0 Å². The number of halogens is 1. The van der Waals surface area contributed by atoms with Crippen LogP contribution in [0.3, 0.4) is 0 Å².